The van der Waals surface area contributed by atoms with Gasteiger partial charge < -0.3 is 5.32 Å². The topological polar surface area (TPSA) is 15.3 Å². The van der Waals surface area contributed by atoms with Crippen LogP contribution in [0.3, 0.4) is 0 Å². The maximum Gasteiger partial charge on any atom is 0.0472 e. The Labute approximate surface area is 111 Å². The molecule has 0 spiro atoms. The highest BCUT2D eigenvalue weighted by molar-refractivity contribution is 5.19. The van der Waals surface area contributed by atoms with E-state index in [1.165, 1.54) is 44.3 Å². The van der Waals surface area contributed by atoms with E-state index in [2.05, 4.69) is 47.5 Å². The molecule has 0 aromatic heterocycles. The molecule has 0 saturated carbocycles. The standard InChI is InChI=1S/C16H26N2/c1-2-3-11-17-14-16(18-12-7-8-13-18)15-9-5-4-6-10-15/h4-6,9-10,16-17H,2-3,7-8,11-14H2,1H3. The fourth-order valence-electron chi connectivity index (χ4n) is 2.73. The minimum absolute atomic E-state index is 0.561. The third-order valence-corrected chi connectivity index (χ3v) is 3.81. The van der Waals surface area contributed by atoms with Gasteiger partial charge in [0, 0.05) is 12.6 Å². The molecular weight excluding hydrogens is 220 g/mol. The predicted molar refractivity (Wildman–Crippen MR) is 77.8 cm³/mol. The fourth-order valence-corrected chi connectivity index (χ4v) is 2.73. The van der Waals surface area contributed by atoms with E-state index >= 15 is 0 Å². The lowest BCUT2D eigenvalue weighted by atomic mass is 10.1. The van der Waals surface area contributed by atoms with Crippen molar-refractivity contribution >= 4 is 0 Å². The summed E-state index contributed by atoms with van der Waals surface area (Å²) in [6.07, 6.45) is 5.27. The van der Waals surface area contributed by atoms with Gasteiger partial charge in [-0.3, -0.25) is 4.90 Å². The highest BCUT2D eigenvalue weighted by Gasteiger charge is 2.22. The second-order valence-corrected chi connectivity index (χ2v) is 5.23. The number of nitrogens with one attached hydrogen (secondary N) is 1. The van der Waals surface area contributed by atoms with Gasteiger partial charge in [0.1, 0.15) is 0 Å². The Morgan fingerprint density at radius 2 is 1.89 bits per heavy atom. The molecule has 1 saturated heterocycles. The summed E-state index contributed by atoms with van der Waals surface area (Å²) < 4.78 is 0. The summed E-state index contributed by atoms with van der Waals surface area (Å²) in [5.41, 5.74) is 1.46. The molecule has 1 aliphatic rings. The van der Waals surface area contributed by atoms with Crippen LogP contribution in [0.25, 0.3) is 0 Å². The van der Waals surface area contributed by atoms with Gasteiger partial charge in [-0.15, -0.1) is 0 Å². The van der Waals surface area contributed by atoms with Crippen LogP contribution in [0.4, 0.5) is 0 Å². The van der Waals surface area contributed by atoms with Gasteiger partial charge in [-0.1, -0.05) is 43.7 Å². The van der Waals surface area contributed by atoms with Crippen LogP contribution < -0.4 is 5.32 Å². The van der Waals surface area contributed by atoms with Crippen LogP contribution in [0.5, 0.6) is 0 Å². The maximum atomic E-state index is 3.62. The number of hydrogen-bond donors (Lipinski definition) is 1. The Morgan fingerprint density at radius 3 is 2.56 bits per heavy atom. The van der Waals surface area contributed by atoms with Crippen molar-refractivity contribution in [3.63, 3.8) is 0 Å². The third kappa shape index (κ3) is 3.82. The Kier molecular flexibility index (Phi) is 5.69. The van der Waals surface area contributed by atoms with E-state index < -0.39 is 0 Å². The van der Waals surface area contributed by atoms with Crippen molar-refractivity contribution in [1.29, 1.82) is 0 Å². The Bertz CT molecular complexity index is 317. The van der Waals surface area contributed by atoms with Crippen LogP contribution in [0.15, 0.2) is 30.3 Å². The van der Waals surface area contributed by atoms with Crippen LogP contribution in [0.2, 0.25) is 0 Å². The van der Waals surface area contributed by atoms with E-state index in [0.717, 1.165) is 13.1 Å². The Hall–Kier alpha value is -0.860. The molecule has 100 valence electrons. The molecule has 1 unspecified atom stereocenters. The van der Waals surface area contributed by atoms with Crippen LogP contribution in [0.1, 0.15) is 44.2 Å². The summed E-state index contributed by atoms with van der Waals surface area (Å²) in [5.74, 6) is 0. The second kappa shape index (κ2) is 7.55. The largest absolute Gasteiger partial charge is 0.315 e. The molecule has 2 heteroatoms. The van der Waals surface area contributed by atoms with Crippen LogP contribution in [-0.2, 0) is 0 Å². The molecule has 1 N–H and O–H groups in total. The first-order chi connectivity index (χ1) is 8.92. The minimum Gasteiger partial charge on any atom is -0.315 e. The van der Waals surface area contributed by atoms with Gasteiger partial charge in [0.25, 0.3) is 0 Å². The SMILES string of the molecule is CCCCNCC(c1ccccc1)N1CCCC1. The van der Waals surface area contributed by atoms with E-state index in [-0.39, 0.29) is 0 Å². The first kappa shape index (κ1) is 13.6. The number of likely N-dealkylation sites (tertiary alicyclic amines) is 1. The van der Waals surface area contributed by atoms with Gasteiger partial charge in [0.05, 0.1) is 0 Å². The summed E-state index contributed by atoms with van der Waals surface area (Å²) in [4.78, 5) is 2.63. The van der Waals surface area contributed by atoms with Crippen molar-refractivity contribution in [3.8, 4) is 0 Å². The quantitative estimate of drug-likeness (QED) is 0.743. The van der Waals surface area contributed by atoms with E-state index in [1.807, 2.05) is 0 Å². The number of rotatable bonds is 7. The molecule has 1 aromatic carbocycles. The molecule has 1 atom stereocenters. The summed E-state index contributed by atoms with van der Waals surface area (Å²) in [6.45, 7) is 7.00. The van der Waals surface area contributed by atoms with Crippen molar-refractivity contribution < 1.29 is 0 Å². The molecule has 18 heavy (non-hydrogen) atoms. The third-order valence-electron chi connectivity index (χ3n) is 3.81. The zero-order valence-electron chi connectivity index (χ0n) is 11.6. The van der Waals surface area contributed by atoms with Crippen LogP contribution in [0, 0.1) is 0 Å². The van der Waals surface area contributed by atoms with Gasteiger partial charge in [-0.25, -0.2) is 0 Å². The lowest BCUT2D eigenvalue weighted by Gasteiger charge is -2.28. The minimum atomic E-state index is 0.561. The monoisotopic (exact) mass is 246 g/mol. The van der Waals surface area contributed by atoms with Crippen molar-refractivity contribution in [2.45, 2.75) is 38.6 Å². The summed E-state index contributed by atoms with van der Waals surface area (Å²) in [6, 6.07) is 11.5. The Morgan fingerprint density at radius 1 is 1.17 bits per heavy atom. The van der Waals surface area contributed by atoms with Gasteiger partial charge >= 0.3 is 0 Å². The van der Waals surface area contributed by atoms with E-state index in [1.54, 1.807) is 0 Å². The van der Waals surface area contributed by atoms with Crippen molar-refractivity contribution in [2.75, 3.05) is 26.2 Å². The molecule has 0 amide bonds. The summed E-state index contributed by atoms with van der Waals surface area (Å²) in [7, 11) is 0. The van der Waals surface area contributed by atoms with E-state index in [4.69, 9.17) is 0 Å². The molecule has 1 heterocycles. The lowest BCUT2D eigenvalue weighted by molar-refractivity contribution is 0.238. The molecule has 1 aliphatic heterocycles. The van der Waals surface area contributed by atoms with Gasteiger partial charge in [-0.2, -0.15) is 0 Å². The first-order valence-corrected chi connectivity index (χ1v) is 7.41. The maximum absolute atomic E-state index is 3.62. The molecule has 0 radical (unpaired) electrons. The number of benzene rings is 1. The first-order valence-electron chi connectivity index (χ1n) is 7.41. The second-order valence-electron chi connectivity index (χ2n) is 5.23. The molecule has 0 aliphatic carbocycles. The highest BCUT2D eigenvalue weighted by atomic mass is 15.2. The zero-order chi connectivity index (χ0) is 12.6. The summed E-state index contributed by atoms with van der Waals surface area (Å²) >= 11 is 0. The predicted octanol–water partition coefficient (Wildman–Crippen LogP) is 3.21. The molecule has 2 rings (SSSR count). The zero-order valence-corrected chi connectivity index (χ0v) is 11.6. The van der Waals surface area contributed by atoms with Crippen molar-refractivity contribution in [1.82, 2.24) is 10.2 Å². The molecule has 2 nitrogen and oxygen atoms in total. The molecule has 0 bridgehead atoms. The number of hydrogen-bond acceptors (Lipinski definition) is 2. The number of nitrogens with zero attached hydrogens (tertiary/aromatic N) is 1. The fraction of sp³-hybridized carbons (Fsp3) is 0.625. The molecule has 1 fully saturated rings. The van der Waals surface area contributed by atoms with Crippen LogP contribution >= 0.6 is 0 Å². The normalized spacial score (nSPS) is 18.1. The average molecular weight is 246 g/mol. The number of unbranched alkanes of at least 4 members (excludes halogenated alkanes) is 1. The highest BCUT2D eigenvalue weighted by Crippen LogP contribution is 2.24. The average Bonchev–Trinajstić information content (AvgIpc) is 2.94. The van der Waals surface area contributed by atoms with Gasteiger partial charge in [-0.05, 0) is 44.5 Å². The van der Waals surface area contributed by atoms with Crippen LogP contribution in [-0.4, -0.2) is 31.1 Å². The van der Waals surface area contributed by atoms with Gasteiger partial charge in [0.2, 0.25) is 0 Å². The smallest absolute Gasteiger partial charge is 0.0472 e. The lowest BCUT2D eigenvalue weighted by Crippen LogP contribution is -2.34. The van der Waals surface area contributed by atoms with E-state index in [0.29, 0.717) is 6.04 Å². The van der Waals surface area contributed by atoms with Crippen molar-refractivity contribution in [3.05, 3.63) is 35.9 Å². The molecule has 1 aromatic rings. The Balaban J connectivity index is 1.94. The van der Waals surface area contributed by atoms with Gasteiger partial charge in [0.15, 0.2) is 0 Å². The molecular formula is C16H26N2. The summed E-state index contributed by atoms with van der Waals surface area (Å²) in [5, 5.41) is 3.62. The van der Waals surface area contributed by atoms with Crippen molar-refractivity contribution in [2.24, 2.45) is 0 Å². The van der Waals surface area contributed by atoms with E-state index in [9.17, 15) is 0 Å².